The van der Waals surface area contributed by atoms with E-state index in [4.69, 9.17) is 46.9 Å². The number of carboxylic acid groups (broad SMARTS) is 1. The van der Waals surface area contributed by atoms with Gasteiger partial charge in [0.1, 0.15) is 25.1 Å². The number of para-hydroxylation sites is 1. The van der Waals surface area contributed by atoms with Gasteiger partial charge in [-0.25, -0.2) is 4.79 Å². The second-order valence-electron chi connectivity index (χ2n) is 23.0. The quantitative estimate of drug-likeness (QED) is 0.0153. The number of phosphoric acid groups is 2. The maximum atomic E-state index is 12.8. The minimum atomic E-state index is -5.20. The Labute approximate surface area is 592 Å². The van der Waals surface area contributed by atoms with Gasteiger partial charge in [-0.05, 0) is 37.8 Å². The van der Waals surface area contributed by atoms with Crippen LogP contribution in [0, 0.1) is 0 Å². The Morgan fingerprint density at radius 2 is 0.703 bits per heavy atom. The van der Waals surface area contributed by atoms with E-state index in [2.05, 4.69) is 27.7 Å². The van der Waals surface area contributed by atoms with E-state index in [1.54, 1.807) is 19.2 Å². The standard InChI is InChI=1S/C57H110O17P2.C10H10O3.2Na/c1-5-9-13-17-21-25-29-33-37-41-54(59)67-47-52(73-56(61)43-39-35-31-27-23-19-15-11-7-3)49-71-75(63,64)69-45-51(58)46-70-76(65,66)72-50-53(74-57(62)44-40-36-32-28-24-20-16-12-8-4)48-68-55(60)42-38-34-30-26-22-18-14-10-6-2;1-13-9-5-3-2-4-8(9)6-7-10(11)12;;/h51-53,58H,5-50H2,1-4H3,(H,63,64)(H,65,66);2-7H,1H3,(H,11,12);;/q;;2*+1/p-2. The molecule has 0 aliphatic heterocycles. The zero-order valence-corrected chi connectivity index (χ0v) is 63.1. The van der Waals surface area contributed by atoms with E-state index in [-0.39, 0.29) is 84.8 Å². The Morgan fingerprint density at radius 1 is 0.429 bits per heavy atom. The Bertz CT molecular complexity index is 1950. The fraction of sp³-hybridized carbons (Fsp3) is 0.806. The van der Waals surface area contributed by atoms with E-state index < -0.39 is 103 Å². The first-order valence-corrected chi connectivity index (χ1v) is 36.9. The van der Waals surface area contributed by atoms with Crippen LogP contribution in [-0.2, 0) is 70.1 Å². The molecule has 1 aromatic carbocycles. The summed E-state index contributed by atoms with van der Waals surface area (Å²) in [6.07, 6.45) is 36.8. The molecule has 4 unspecified atom stereocenters. The fourth-order valence-corrected chi connectivity index (χ4v) is 10.9. The molecule has 91 heavy (non-hydrogen) atoms. The number of carboxylic acids is 1. The predicted molar refractivity (Wildman–Crippen MR) is 344 cm³/mol. The topological polar surface area (TPSA) is 289 Å². The molecule has 0 aliphatic rings. The van der Waals surface area contributed by atoms with E-state index in [0.717, 1.165) is 114 Å². The minimum absolute atomic E-state index is 0. The van der Waals surface area contributed by atoms with Gasteiger partial charge in [-0.15, -0.1) is 0 Å². The second-order valence-corrected chi connectivity index (χ2v) is 25.9. The number of phosphoric ester groups is 2. The van der Waals surface area contributed by atoms with Crippen LogP contribution in [0.2, 0.25) is 0 Å². The van der Waals surface area contributed by atoms with Crippen molar-refractivity contribution in [3.63, 3.8) is 0 Å². The summed E-state index contributed by atoms with van der Waals surface area (Å²) in [6.45, 7) is 4.36. The number of aliphatic hydroxyl groups is 1. The summed E-state index contributed by atoms with van der Waals surface area (Å²) in [4.78, 5) is 86.5. The third-order valence-corrected chi connectivity index (χ3v) is 16.5. The van der Waals surface area contributed by atoms with Crippen molar-refractivity contribution in [1.29, 1.82) is 0 Å². The van der Waals surface area contributed by atoms with E-state index in [1.165, 1.54) is 109 Å². The van der Waals surface area contributed by atoms with Gasteiger partial charge in [0.25, 0.3) is 15.6 Å². The largest absolute Gasteiger partial charge is 1.00 e. The number of benzene rings is 1. The van der Waals surface area contributed by atoms with Gasteiger partial charge >= 0.3 is 89.0 Å². The van der Waals surface area contributed by atoms with Crippen molar-refractivity contribution in [3.8, 4) is 5.75 Å². The van der Waals surface area contributed by atoms with Crippen molar-refractivity contribution in [1.82, 2.24) is 0 Å². The maximum Gasteiger partial charge on any atom is 1.00 e. The van der Waals surface area contributed by atoms with Gasteiger partial charge < -0.3 is 61.8 Å². The number of unbranched alkanes of at least 4 members (excludes halogenated alkanes) is 32. The van der Waals surface area contributed by atoms with E-state index in [0.29, 0.717) is 31.4 Å². The fourth-order valence-electron chi connectivity index (χ4n) is 9.35. The van der Waals surface area contributed by atoms with Crippen LogP contribution in [0.15, 0.2) is 30.3 Å². The number of carbonyl (C=O) groups excluding carboxylic acids is 4. The van der Waals surface area contributed by atoms with E-state index >= 15 is 0 Å². The van der Waals surface area contributed by atoms with Crippen molar-refractivity contribution >= 4 is 51.6 Å². The normalized spacial score (nSPS) is 13.5. The van der Waals surface area contributed by atoms with Gasteiger partial charge in [-0.1, -0.05) is 251 Å². The van der Waals surface area contributed by atoms with Crippen molar-refractivity contribution in [2.24, 2.45) is 0 Å². The van der Waals surface area contributed by atoms with Crippen molar-refractivity contribution in [2.75, 3.05) is 46.8 Å². The Balaban J connectivity index is -0.00000455. The minimum Gasteiger partial charge on any atom is -0.756 e. The number of hydrogen-bond acceptors (Lipinski definition) is 19. The van der Waals surface area contributed by atoms with E-state index in [1.807, 2.05) is 12.1 Å². The molecule has 0 fully saturated rings. The molecule has 1 rings (SSSR count). The van der Waals surface area contributed by atoms with Gasteiger partial charge in [-0.3, -0.25) is 28.3 Å². The summed E-state index contributed by atoms with van der Waals surface area (Å²) in [7, 11) is -8.84. The number of rotatable bonds is 61. The number of carbonyl (C=O) groups is 5. The molecule has 0 saturated heterocycles. The second kappa shape index (κ2) is 65.6. The first-order chi connectivity index (χ1) is 42.9. The zero-order chi connectivity index (χ0) is 65.9. The number of methoxy groups -OCH3 is 1. The van der Waals surface area contributed by atoms with Crippen LogP contribution in [-0.4, -0.2) is 105 Å². The van der Waals surface area contributed by atoms with Crippen LogP contribution in [0.25, 0.3) is 6.08 Å². The average Bonchev–Trinajstić information content (AvgIpc) is 3.18. The van der Waals surface area contributed by atoms with Crippen LogP contribution in [0.1, 0.15) is 290 Å². The van der Waals surface area contributed by atoms with Crippen molar-refractivity contribution < 1.29 is 154 Å². The molecule has 0 heterocycles. The summed E-state index contributed by atoms with van der Waals surface area (Å²) in [5.41, 5.74) is 0.757. The molecule has 0 amide bonds. The smallest absolute Gasteiger partial charge is 0.756 e. The molecule has 0 bridgehead atoms. The molecule has 1 aromatic rings. The molecule has 24 heteroatoms. The number of esters is 4. The van der Waals surface area contributed by atoms with Gasteiger partial charge in [0.15, 0.2) is 12.2 Å². The maximum absolute atomic E-state index is 12.8. The molecule has 0 aromatic heterocycles. The Kier molecular flexibility index (Phi) is 67.4. The van der Waals surface area contributed by atoms with Gasteiger partial charge in [0.05, 0.1) is 33.5 Å². The van der Waals surface area contributed by atoms with Gasteiger partial charge in [0.2, 0.25) is 0 Å². The van der Waals surface area contributed by atoms with Crippen LogP contribution >= 0.6 is 15.6 Å². The summed E-state index contributed by atoms with van der Waals surface area (Å²) in [6, 6.07) is 7.22. The molecular weight excluding hydrogens is 1230 g/mol. The van der Waals surface area contributed by atoms with Crippen LogP contribution < -0.4 is 73.6 Å². The monoisotopic (exact) mass is 1350 g/mol. The van der Waals surface area contributed by atoms with Gasteiger partial charge in [-0.2, -0.15) is 0 Å². The summed E-state index contributed by atoms with van der Waals surface area (Å²) in [5, 5.41) is 18.8. The molecule has 20 nitrogen and oxygen atoms in total. The SMILES string of the molecule is CCCCCCCCCCCC(=O)OCC(COP(=O)([O-])OCC(O)COP(=O)([O-])OCC(COC(=O)CCCCCCCCCCC)OC(=O)CCCCCCCCCCC)OC(=O)CCCCCCCCCCC.COc1ccccc1C=CC(=O)O.[Na+].[Na+]. The predicted octanol–water partition coefficient (Wildman–Crippen LogP) is 9.75. The molecule has 0 saturated carbocycles. The van der Waals surface area contributed by atoms with Crippen LogP contribution in [0.3, 0.4) is 0 Å². The van der Waals surface area contributed by atoms with Crippen molar-refractivity contribution in [3.05, 3.63) is 35.9 Å². The zero-order valence-electron chi connectivity index (χ0n) is 57.4. The molecule has 518 valence electrons. The molecule has 0 radical (unpaired) electrons. The molecule has 4 atom stereocenters. The Hall–Kier alpha value is -1.71. The molecular formula is C67H118Na2O20P2. The third-order valence-electron chi connectivity index (χ3n) is 14.6. The Morgan fingerprint density at radius 3 is 1.00 bits per heavy atom. The molecule has 2 N–H and O–H groups in total. The van der Waals surface area contributed by atoms with Crippen molar-refractivity contribution in [2.45, 2.75) is 303 Å². The first-order valence-electron chi connectivity index (χ1n) is 34.0. The summed E-state index contributed by atoms with van der Waals surface area (Å²) < 4.78 is 71.7. The summed E-state index contributed by atoms with van der Waals surface area (Å²) in [5.74, 6) is -2.54. The van der Waals surface area contributed by atoms with E-state index in [9.17, 15) is 48.0 Å². The van der Waals surface area contributed by atoms with Crippen LogP contribution in [0.5, 0.6) is 5.75 Å². The first kappa shape index (κ1) is 93.5. The number of hydrogen-bond donors (Lipinski definition) is 2. The number of aliphatic hydroxyl groups excluding tert-OH is 1. The number of ether oxygens (including phenoxy) is 5. The average molecular weight is 1350 g/mol. The third kappa shape index (κ3) is 62.8. The number of aliphatic carboxylic acids is 1. The van der Waals surface area contributed by atoms with Gasteiger partial charge in [0, 0.05) is 37.3 Å². The summed E-state index contributed by atoms with van der Waals surface area (Å²) >= 11 is 0. The molecule has 0 spiro atoms. The van der Waals surface area contributed by atoms with Crippen LogP contribution in [0.4, 0.5) is 0 Å². The molecule has 0 aliphatic carbocycles.